The standard InChI is InChI=1S/C11H20N2O2/c1-8-5-9(3-4-12-8)10(14)13-6-11(2,15)7-13/h8-9,12,15H,3-7H2,1-2H3. The molecular formula is C11H20N2O2. The topological polar surface area (TPSA) is 52.6 Å². The van der Waals surface area contributed by atoms with E-state index in [1.807, 2.05) is 0 Å². The van der Waals surface area contributed by atoms with Gasteiger partial charge in [-0.1, -0.05) is 0 Å². The van der Waals surface area contributed by atoms with Gasteiger partial charge in [-0.25, -0.2) is 0 Å². The molecule has 0 bridgehead atoms. The van der Waals surface area contributed by atoms with Gasteiger partial charge in [-0.15, -0.1) is 0 Å². The molecule has 0 saturated carbocycles. The van der Waals surface area contributed by atoms with Crippen LogP contribution in [0.4, 0.5) is 0 Å². The van der Waals surface area contributed by atoms with Crippen molar-refractivity contribution in [2.45, 2.75) is 38.3 Å². The van der Waals surface area contributed by atoms with Crippen LogP contribution in [0.15, 0.2) is 0 Å². The summed E-state index contributed by atoms with van der Waals surface area (Å²) in [5.41, 5.74) is -0.645. The van der Waals surface area contributed by atoms with Gasteiger partial charge in [-0.3, -0.25) is 4.79 Å². The summed E-state index contributed by atoms with van der Waals surface area (Å²) in [7, 11) is 0. The van der Waals surface area contributed by atoms with Crippen LogP contribution in [0.5, 0.6) is 0 Å². The highest BCUT2D eigenvalue weighted by atomic mass is 16.3. The van der Waals surface area contributed by atoms with Gasteiger partial charge in [0.2, 0.25) is 5.91 Å². The van der Waals surface area contributed by atoms with E-state index >= 15 is 0 Å². The fourth-order valence-corrected chi connectivity index (χ4v) is 2.55. The van der Waals surface area contributed by atoms with Gasteiger partial charge in [0.05, 0.1) is 18.7 Å². The number of β-amino-alcohol motifs (C(OH)–C–C–N with tert-alkyl or cyclic N) is 1. The van der Waals surface area contributed by atoms with Gasteiger partial charge in [0.1, 0.15) is 0 Å². The van der Waals surface area contributed by atoms with Crippen molar-refractivity contribution in [3.8, 4) is 0 Å². The van der Waals surface area contributed by atoms with Crippen LogP contribution in [-0.2, 0) is 4.79 Å². The Morgan fingerprint density at radius 2 is 2.20 bits per heavy atom. The summed E-state index contributed by atoms with van der Waals surface area (Å²) in [5.74, 6) is 0.396. The first-order valence-corrected chi connectivity index (χ1v) is 5.72. The van der Waals surface area contributed by atoms with Crippen molar-refractivity contribution in [3.63, 3.8) is 0 Å². The number of piperidine rings is 1. The Morgan fingerprint density at radius 3 is 2.73 bits per heavy atom. The first kappa shape index (κ1) is 10.9. The molecule has 2 unspecified atom stereocenters. The van der Waals surface area contributed by atoms with E-state index in [1.165, 1.54) is 0 Å². The average molecular weight is 212 g/mol. The Hall–Kier alpha value is -0.610. The molecule has 2 aliphatic heterocycles. The van der Waals surface area contributed by atoms with Crippen molar-refractivity contribution in [1.82, 2.24) is 10.2 Å². The van der Waals surface area contributed by atoms with Crippen molar-refractivity contribution in [1.29, 1.82) is 0 Å². The second-order valence-electron chi connectivity index (χ2n) is 5.27. The number of nitrogens with zero attached hydrogens (tertiary/aromatic N) is 1. The lowest BCUT2D eigenvalue weighted by Gasteiger charge is -2.46. The molecule has 2 fully saturated rings. The Kier molecular flexibility index (Phi) is 2.73. The fraction of sp³-hybridized carbons (Fsp3) is 0.909. The minimum Gasteiger partial charge on any atom is -0.386 e. The molecule has 4 nitrogen and oxygen atoms in total. The molecule has 0 radical (unpaired) electrons. The maximum absolute atomic E-state index is 12.0. The van der Waals surface area contributed by atoms with Crippen molar-refractivity contribution in [2.75, 3.05) is 19.6 Å². The van der Waals surface area contributed by atoms with Crippen LogP contribution >= 0.6 is 0 Å². The maximum Gasteiger partial charge on any atom is 0.225 e. The monoisotopic (exact) mass is 212 g/mol. The zero-order chi connectivity index (χ0) is 11.1. The number of hydrogen-bond donors (Lipinski definition) is 2. The van der Waals surface area contributed by atoms with Crippen LogP contribution in [-0.4, -0.2) is 47.2 Å². The van der Waals surface area contributed by atoms with Gasteiger partial charge in [0.25, 0.3) is 0 Å². The molecule has 0 aliphatic carbocycles. The van der Waals surface area contributed by atoms with E-state index in [0.29, 0.717) is 19.1 Å². The fourth-order valence-electron chi connectivity index (χ4n) is 2.55. The lowest BCUT2D eigenvalue weighted by molar-refractivity contribution is -0.157. The van der Waals surface area contributed by atoms with Crippen LogP contribution in [0.3, 0.4) is 0 Å². The molecule has 0 aromatic heterocycles. The molecule has 0 spiro atoms. The quantitative estimate of drug-likeness (QED) is 0.641. The number of hydrogen-bond acceptors (Lipinski definition) is 3. The van der Waals surface area contributed by atoms with Gasteiger partial charge in [0, 0.05) is 12.0 Å². The predicted octanol–water partition coefficient (Wildman–Crippen LogP) is -0.0323. The SMILES string of the molecule is CC1CC(C(=O)N2CC(C)(O)C2)CCN1. The number of nitrogens with one attached hydrogen (secondary N) is 1. The molecule has 2 rings (SSSR count). The summed E-state index contributed by atoms with van der Waals surface area (Å²) in [4.78, 5) is 13.8. The summed E-state index contributed by atoms with van der Waals surface area (Å²) in [5, 5.41) is 12.9. The van der Waals surface area contributed by atoms with Gasteiger partial charge in [-0.05, 0) is 33.2 Å². The smallest absolute Gasteiger partial charge is 0.225 e. The number of carbonyl (C=O) groups excluding carboxylic acids is 1. The third-order valence-corrected chi connectivity index (χ3v) is 3.35. The van der Waals surface area contributed by atoms with E-state index in [2.05, 4.69) is 12.2 Å². The van der Waals surface area contributed by atoms with E-state index in [9.17, 15) is 9.90 Å². The summed E-state index contributed by atoms with van der Waals surface area (Å²) in [6.45, 7) is 5.84. The third kappa shape index (κ3) is 2.32. The Labute approximate surface area is 90.6 Å². The van der Waals surface area contributed by atoms with Crippen LogP contribution in [0.25, 0.3) is 0 Å². The molecule has 4 heteroatoms. The van der Waals surface area contributed by atoms with Crippen LogP contribution in [0.2, 0.25) is 0 Å². The first-order chi connectivity index (χ1) is 6.98. The molecule has 2 N–H and O–H groups in total. The lowest BCUT2D eigenvalue weighted by atomic mass is 9.88. The second kappa shape index (κ2) is 3.76. The largest absolute Gasteiger partial charge is 0.386 e. The molecule has 0 aromatic carbocycles. The molecule has 0 aromatic rings. The third-order valence-electron chi connectivity index (χ3n) is 3.35. The number of rotatable bonds is 1. The Balaban J connectivity index is 1.86. The van der Waals surface area contributed by atoms with E-state index < -0.39 is 5.60 Å². The van der Waals surface area contributed by atoms with Crippen LogP contribution in [0, 0.1) is 5.92 Å². The number of carbonyl (C=O) groups is 1. The molecule has 2 aliphatic rings. The summed E-state index contributed by atoms with van der Waals surface area (Å²) < 4.78 is 0. The predicted molar refractivity (Wildman–Crippen MR) is 57.4 cm³/mol. The van der Waals surface area contributed by atoms with Crippen molar-refractivity contribution in [2.24, 2.45) is 5.92 Å². The van der Waals surface area contributed by atoms with Crippen LogP contribution in [0.1, 0.15) is 26.7 Å². The highest BCUT2D eigenvalue weighted by Crippen LogP contribution is 2.26. The van der Waals surface area contributed by atoms with Crippen LogP contribution < -0.4 is 5.32 Å². The van der Waals surface area contributed by atoms with Crippen molar-refractivity contribution in [3.05, 3.63) is 0 Å². The van der Waals surface area contributed by atoms with E-state index in [1.54, 1.807) is 11.8 Å². The minimum atomic E-state index is -0.645. The number of amides is 1. The molecular weight excluding hydrogens is 192 g/mol. The Bertz CT molecular complexity index is 257. The first-order valence-electron chi connectivity index (χ1n) is 5.72. The molecule has 2 atom stereocenters. The van der Waals surface area contributed by atoms with Gasteiger partial charge in [0.15, 0.2) is 0 Å². The molecule has 2 saturated heterocycles. The number of likely N-dealkylation sites (tertiary alicyclic amines) is 1. The number of aliphatic hydroxyl groups is 1. The van der Waals surface area contributed by atoms with Crippen molar-refractivity contribution < 1.29 is 9.90 Å². The highest BCUT2D eigenvalue weighted by molar-refractivity contribution is 5.80. The lowest BCUT2D eigenvalue weighted by Crippen LogP contribution is -2.63. The average Bonchev–Trinajstić information content (AvgIpc) is 2.13. The summed E-state index contributed by atoms with van der Waals surface area (Å²) in [6, 6.07) is 0.439. The summed E-state index contributed by atoms with van der Waals surface area (Å²) >= 11 is 0. The van der Waals surface area contributed by atoms with E-state index in [0.717, 1.165) is 19.4 Å². The Morgan fingerprint density at radius 1 is 1.53 bits per heavy atom. The van der Waals surface area contributed by atoms with Gasteiger partial charge in [-0.2, -0.15) is 0 Å². The van der Waals surface area contributed by atoms with E-state index in [4.69, 9.17) is 0 Å². The normalized spacial score (nSPS) is 34.7. The second-order valence-corrected chi connectivity index (χ2v) is 5.27. The molecule has 1 amide bonds. The maximum atomic E-state index is 12.0. The molecule has 86 valence electrons. The summed E-state index contributed by atoms with van der Waals surface area (Å²) in [6.07, 6.45) is 1.86. The minimum absolute atomic E-state index is 0.164. The van der Waals surface area contributed by atoms with Gasteiger partial charge >= 0.3 is 0 Å². The highest BCUT2D eigenvalue weighted by Gasteiger charge is 2.41. The molecule has 2 heterocycles. The zero-order valence-corrected chi connectivity index (χ0v) is 9.49. The molecule has 15 heavy (non-hydrogen) atoms. The van der Waals surface area contributed by atoms with E-state index in [-0.39, 0.29) is 11.8 Å². The van der Waals surface area contributed by atoms with Crippen molar-refractivity contribution >= 4 is 5.91 Å². The zero-order valence-electron chi connectivity index (χ0n) is 9.49. The van der Waals surface area contributed by atoms with Gasteiger partial charge < -0.3 is 15.3 Å².